The van der Waals surface area contributed by atoms with E-state index < -0.39 is 0 Å². The van der Waals surface area contributed by atoms with Crippen LogP contribution in [0.15, 0.2) is 18.7 Å². The van der Waals surface area contributed by atoms with Gasteiger partial charge in [0.25, 0.3) is 0 Å². The summed E-state index contributed by atoms with van der Waals surface area (Å²) in [6.45, 7) is 10.3. The number of nitrogens with zero attached hydrogens (tertiary/aromatic N) is 3. The predicted molar refractivity (Wildman–Crippen MR) is 89.3 cm³/mol. The molecule has 1 saturated heterocycles. The largest absolute Gasteiger partial charge is 0.373 e. The second-order valence-electron chi connectivity index (χ2n) is 6.35. The molecule has 2 amide bonds. The zero-order valence-electron chi connectivity index (χ0n) is 14.4. The highest BCUT2D eigenvalue weighted by atomic mass is 16.5. The number of imidazole rings is 1. The molecule has 0 unspecified atom stereocenters. The number of amides is 2. The van der Waals surface area contributed by atoms with Crippen LogP contribution >= 0.6 is 0 Å². The molecule has 0 saturated carbocycles. The van der Waals surface area contributed by atoms with Gasteiger partial charge in [0.15, 0.2) is 0 Å². The van der Waals surface area contributed by atoms with Crippen molar-refractivity contribution in [2.45, 2.75) is 52.0 Å². The third-order valence-electron chi connectivity index (χ3n) is 4.07. The molecule has 1 aromatic heterocycles. The van der Waals surface area contributed by atoms with E-state index in [-0.39, 0.29) is 18.2 Å². The highest BCUT2D eigenvalue weighted by Crippen LogP contribution is 2.13. The van der Waals surface area contributed by atoms with Crippen molar-refractivity contribution in [3.8, 4) is 0 Å². The Morgan fingerprint density at radius 3 is 2.74 bits per heavy atom. The highest BCUT2D eigenvalue weighted by molar-refractivity contribution is 5.73. The molecule has 7 heteroatoms. The molecule has 0 bridgehead atoms. The molecular formula is C16H29N5O2. The third-order valence-corrected chi connectivity index (χ3v) is 4.07. The predicted octanol–water partition coefficient (Wildman–Crippen LogP) is 1.07. The standard InChI is InChI=1S/C16H29N5O2/c1-13(21-10-14(2)23-15(3)11-21)9-19-16(22)18-5-4-7-20-8-6-17-12-20/h6,8,12-15H,4-5,7,9-11H2,1-3H3,(H2,18,19,22)/t13-,14-,15-/m1/s1. The SMILES string of the molecule is C[C@@H]1CN([C@H](C)CNC(=O)NCCCn2ccnc2)C[C@@H](C)O1. The molecule has 0 radical (unpaired) electrons. The van der Waals surface area contributed by atoms with Crippen LogP contribution in [0.4, 0.5) is 4.79 Å². The Labute approximate surface area is 138 Å². The molecule has 0 aliphatic carbocycles. The van der Waals surface area contributed by atoms with Gasteiger partial charge in [-0.2, -0.15) is 0 Å². The summed E-state index contributed by atoms with van der Waals surface area (Å²) in [4.78, 5) is 18.2. The van der Waals surface area contributed by atoms with E-state index in [0.717, 1.165) is 26.1 Å². The number of rotatable bonds is 7. The topological polar surface area (TPSA) is 71.4 Å². The number of aryl methyl sites for hydroxylation is 1. The molecule has 1 aliphatic rings. The summed E-state index contributed by atoms with van der Waals surface area (Å²) in [5, 5.41) is 5.85. The van der Waals surface area contributed by atoms with Crippen molar-refractivity contribution in [2.24, 2.45) is 0 Å². The van der Waals surface area contributed by atoms with Crippen molar-refractivity contribution in [3.63, 3.8) is 0 Å². The van der Waals surface area contributed by atoms with E-state index in [4.69, 9.17) is 4.74 Å². The Morgan fingerprint density at radius 2 is 2.09 bits per heavy atom. The smallest absolute Gasteiger partial charge is 0.314 e. The first kappa shape index (κ1) is 17.7. The minimum absolute atomic E-state index is 0.100. The van der Waals surface area contributed by atoms with Gasteiger partial charge in [0, 0.05) is 51.2 Å². The number of urea groups is 1. The van der Waals surface area contributed by atoms with E-state index in [1.807, 2.05) is 10.8 Å². The van der Waals surface area contributed by atoms with Crippen molar-refractivity contribution in [3.05, 3.63) is 18.7 Å². The van der Waals surface area contributed by atoms with Crippen molar-refractivity contribution in [1.29, 1.82) is 0 Å². The summed E-state index contributed by atoms with van der Waals surface area (Å²) in [7, 11) is 0. The summed E-state index contributed by atoms with van der Waals surface area (Å²) < 4.78 is 7.74. The lowest BCUT2D eigenvalue weighted by atomic mass is 10.2. The van der Waals surface area contributed by atoms with Crippen molar-refractivity contribution in [1.82, 2.24) is 25.1 Å². The van der Waals surface area contributed by atoms with Gasteiger partial charge in [-0.1, -0.05) is 0 Å². The van der Waals surface area contributed by atoms with Gasteiger partial charge in [0.2, 0.25) is 0 Å². The van der Waals surface area contributed by atoms with Crippen molar-refractivity contribution in [2.75, 3.05) is 26.2 Å². The van der Waals surface area contributed by atoms with Gasteiger partial charge in [-0.25, -0.2) is 9.78 Å². The molecule has 0 spiro atoms. The van der Waals surface area contributed by atoms with E-state index in [9.17, 15) is 4.79 Å². The quantitative estimate of drug-likeness (QED) is 0.736. The Balaban J connectivity index is 1.58. The third kappa shape index (κ3) is 6.19. The summed E-state index contributed by atoms with van der Waals surface area (Å²) in [6, 6.07) is 0.206. The van der Waals surface area contributed by atoms with E-state index in [2.05, 4.69) is 41.3 Å². The molecule has 2 N–H and O–H groups in total. The lowest BCUT2D eigenvalue weighted by molar-refractivity contribution is -0.0778. The number of hydrogen-bond donors (Lipinski definition) is 2. The number of ether oxygens (including phenoxy) is 1. The molecule has 1 aliphatic heterocycles. The maximum atomic E-state index is 11.8. The Morgan fingerprint density at radius 1 is 1.35 bits per heavy atom. The molecule has 2 heterocycles. The number of nitrogens with one attached hydrogen (secondary N) is 2. The van der Waals surface area contributed by atoms with Crippen molar-refractivity contribution >= 4 is 6.03 Å². The molecule has 7 nitrogen and oxygen atoms in total. The van der Waals surface area contributed by atoms with Gasteiger partial charge in [0.1, 0.15) is 0 Å². The molecule has 23 heavy (non-hydrogen) atoms. The minimum atomic E-state index is -0.100. The molecule has 2 rings (SSSR count). The Hall–Kier alpha value is -1.60. The van der Waals surface area contributed by atoms with Crippen LogP contribution in [0.25, 0.3) is 0 Å². The van der Waals surface area contributed by atoms with Crippen LogP contribution in [-0.4, -0.2) is 64.9 Å². The fourth-order valence-corrected chi connectivity index (χ4v) is 2.89. The lowest BCUT2D eigenvalue weighted by Crippen LogP contribution is -2.53. The number of carbonyl (C=O) groups is 1. The minimum Gasteiger partial charge on any atom is -0.373 e. The molecule has 130 valence electrons. The van der Waals surface area contributed by atoms with Crippen LogP contribution in [0, 0.1) is 0 Å². The lowest BCUT2D eigenvalue weighted by Gasteiger charge is -2.38. The fraction of sp³-hybridized carbons (Fsp3) is 0.750. The van der Waals surface area contributed by atoms with Gasteiger partial charge in [-0.05, 0) is 27.2 Å². The van der Waals surface area contributed by atoms with E-state index in [0.29, 0.717) is 19.1 Å². The molecule has 1 fully saturated rings. The number of carbonyl (C=O) groups excluding carboxylic acids is 1. The Kier molecular flexibility index (Phi) is 6.85. The summed E-state index contributed by atoms with van der Waals surface area (Å²) >= 11 is 0. The zero-order valence-corrected chi connectivity index (χ0v) is 14.4. The van der Waals surface area contributed by atoms with Crippen LogP contribution in [0.2, 0.25) is 0 Å². The van der Waals surface area contributed by atoms with Gasteiger partial charge in [-0.3, -0.25) is 4.90 Å². The number of hydrogen-bond acceptors (Lipinski definition) is 4. The van der Waals surface area contributed by atoms with Crippen LogP contribution in [0.3, 0.4) is 0 Å². The van der Waals surface area contributed by atoms with Crippen LogP contribution in [-0.2, 0) is 11.3 Å². The van der Waals surface area contributed by atoms with Gasteiger partial charge in [0.05, 0.1) is 18.5 Å². The van der Waals surface area contributed by atoms with Crippen LogP contribution < -0.4 is 10.6 Å². The first-order chi connectivity index (χ1) is 11.0. The van der Waals surface area contributed by atoms with E-state index in [1.54, 1.807) is 12.5 Å². The average Bonchev–Trinajstić information content (AvgIpc) is 3.01. The van der Waals surface area contributed by atoms with Crippen molar-refractivity contribution < 1.29 is 9.53 Å². The van der Waals surface area contributed by atoms with E-state index >= 15 is 0 Å². The highest BCUT2D eigenvalue weighted by Gasteiger charge is 2.25. The second-order valence-corrected chi connectivity index (χ2v) is 6.35. The summed E-state index contributed by atoms with van der Waals surface area (Å²) in [6.07, 6.45) is 6.85. The second kappa shape index (κ2) is 8.88. The van der Waals surface area contributed by atoms with Gasteiger partial charge in [-0.15, -0.1) is 0 Å². The maximum absolute atomic E-state index is 11.8. The average molecular weight is 323 g/mol. The normalized spacial score (nSPS) is 23.4. The van der Waals surface area contributed by atoms with Crippen LogP contribution in [0.1, 0.15) is 27.2 Å². The monoisotopic (exact) mass is 323 g/mol. The number of aromatic nitrogens is 2. The van der Waals surface area contributed by atoms with E-state index in [1.165, 1.54) is 0 Å². The molecule has 0 aromatic carbocycles. The Bertz CT molecular complexity index is 455. The van der Waals surface area contributed by atoms with Crippen LogP contribution in [0.5, 0.6) is 0 Å². The first-order valence-electron chi connectivity index (χ1n) is 8.41. The van der Waals surface area contributed by atoms with Gasteiger partial charge < -0.3 is 19.9 Å². The van der Waals surface area contributed by atoms with Gasteiger partial charge >= 0.3 is 6.03 Å². The summed E-state index contributed by atoms with van der Waals surface area (Å²) in [5.41, 5.74) is 0. The molecule has 3 atom stereocenters. The summed E-state index contributed by atoms with van der Waals surface area (Å²) in [5.74, 6) is 0. The fourth-order valence-electron chi connectivity index (χ4n) is 2.89. The first-order valence-corrected chi connectivity index (χ1v) is 8.41. The molecule has 1 aromatic rings. The number of morpholine rings is 1. The maximum Gasteiger partial charge on any atom is 0.314 e. The molecular weight excluding hydrogens is 294 g/mol. The zero-order chi connectivity index (χ0) is 16.7.